The highest BCUT2D eigenvalue weighted by molar-refractivity contribution is 6.30. The molecule has 0 aliphatic carbocycles. The molecule has 0 bridgehead atoms. The van der Waals surface area contributed by atoms with Crippen LogP contribution in [0.2, 0.25) is 5.02 Å². The summed E-state index contributed by atoms with van der Waals surface area (Å²) in [5, 5.41) is 3.26. The van der Waals surface area contributed by atoms with Crippen LogP contribution in [-0.2, 0) is 0 Å². The van der Waals surface area contributed by atoms with E-state index in [1.165, 1.54) is 10.9 Å². The molecular weight excluding hydrogens is 328 g/mol. The minimum Gasteiger partial charge on any atom is -0.364 e. The van der Waals surface area contributed by atoms with Crippen molar-refractivity contribution in [1.29, 1.82) is 0 Å². The fourth-order valence-electron chi connectivity index (χ4n) is 2.18. The van der Waals surface area contributed by atoms with Crippen molar-refractivity contribution in [2.45, 2.75) is 0 Å². The zero-order valence-corrected chi connectivity index (χ0v) is 13.2. The Bertz CT molecular complexity index is 957. The number of rotatable bonds is 4. The van der Waals surface area contributed by atoms with Gasteiger partial charge in [0.2, 0.25) is 0 Å². The van der Waals surface area contributed by atoms with Crippen molar-refractivity contribution in [2.24, 2.45) is 10.7 Å². The van der Waals surface area contributed by atoms with Crippen LogP contribution in [0, 0.1) is 0 Å². The van der Waals surface area contributed by atoms with Gasteiger partial charge in [-0.3, -0.25) is 19.7 Å². The van der Waals surface area contributed by atoms with Crippen molar-refractivity contribution < 1.29 is 4.79 Å². The van der Waals surface area contributed by atoms with Crippen LogP contribution in [0.4, 0.5) is 5.69 Å². The van der Waals surface area contributed by atoms with Gasteiger partial charge in [0.05, 0.1) is 16.9 Å². The van der Waals surface area contributed by atoms with E-state index in [9.17, 15) is 9.59 Å². The van der Waals surface area contributed by atoms with E-state index in [0.29, 0.717) is 16.4 Å². The minimum atomic E-state index is -0.741. The fraction of sp³-hybridized carbons (Fsp3) is 0. The van der Waals surface area contributed by atoms with Crippen LogP contribution in [0.5, 0.6) is 0 Å². The molecule has 3 aromatic rings. The Morgan fingerprint density at radius 3 is 2.42 bits per heavy atom. The monoisotopic (exact) mass is 340 g/mol. The number of aromatic nitrogens is 2. The Labute approximate surface area is 142 Å². The molecule has 3 rings (SSSR count). The Balaban J connectivity index is 2.08. The third-order valence-electron chi connectivity index (χ3n) is 3.36. The van der Waals surface area contributed by atoms with Crippen molar-refractivity contribution in [1.82, 2.24) is 9.78 Å². The van der Waals surface area contributed by atoms with E-state index in [1.54, 1.807) is 36.4 Å². The summed E-state index contributed by atoms with van der Waals surface area (Å²) in [5.74, 6) is -0.741. The number of carbonyl (C=O) groups excluding carboxylic acids is 1. The number of H-pyrrole nitrogens is 1. The molecule has 1 aromatic heterocycles. The molecule has 0 unspecified atom stereocenters. The van der Waals surface area contributed by atoms with Crippen LogP contribution in [0.25, 0.3) is 5.69 Å². The number of aliphatic imine (C=N–C) groups is 1. The van der Waals surface area contributed by atoms with E-state index in [4.69, 9.17) is 17.3 Å². The number of para-hydroxylation sites is 1. The highest BCUT2D eigenvalue weighted by Gasteiger charge is 2.17. The largest absolute Gasteiger partial charge is 0.364 e. The maximum atomic E-state index is 12.6. The van der Waals surface area contributed by atoms with E-state index >= 15 is 0 Å². The first kappa shape index (κ1) is 15.8. The van der Waals surface area contributed by atoms with Gasteiger partial charge >= 0.3 is 0 Å². The van der Waals surface area contributed by atoms with Gasteiger partial charge in [0.25, 0.3) is 11.5 Å². The molecule has 6 nitrogen and oxygen atoms in total. The van der Waals surface area contributed by atoms with Gasteiger partial charge in [-0.05, 0) is 36.4 Å². The van der Waals surface area contributed by atoms with Crippen molar-refractivity contribution in [3.63, 3.8) is 0 Å². The number of benzene rings is 2. The van der Waals surface area contributed by atoms with Gasteiger partial charge in [-0.2, -0.15) is 0 Å². The first-order valence-electron chi connectivity index (χ1n) is 7.06. The SMILES string of the molecule is NC(=O)c1[nH]n(-c2ccc(Cl)cc2)c(=O)c1C=Nc1ccccc1. The molecule has 0 spiro atoms. The third-order valence-corrected chi connectivity index (χ3v) is 3.61. The zero-order chi connectivity index (χ0) is 17.1. The normalized spacial score (nSPS) is 11.0. The third kappa shape index (κ3) is 3.13. The number of hydrogen-bond acceptors (Lipinski definition) is 3. The zero-order valence-electron chi connectivity index (χ0n) is 12.4. The minimum absolute atomic E-state index is 0.00497. The molecular formula is C17H13ClN4O2. The van der Waals surface area contributed by atoms with E-state index in [0.717, 1.165) is 0 Å². The Morgan fingerprint density at radius 2 is 1.79 bits per heavy atom. The Morgan fingerprint density at radius 1 is 1.12 bits per heavy atom. The maximum Gasteiger partial charge on any atom is 0.280 e. The van der Waals surface area contributed by atoms with Gasteiger partial charge in [0, 0.05) is 11.2 Å². The Kier molecular flexibility index (Phi) is 4.31. The predicted molar refractivity (Wildman–Crippen MR) is 93.6 cm³/mol. The van der Waals surface area contributed by atoms with Gasteiger partial charge in [-0.1, -0.05) is 29.8 Å². The van der Waals surface area contributed by atoms with E-state index < -0.39 is 11.5 Å². The number of amides is 1. The number of nitrogens with zero attached hydrogens (tertiary/aromatic N) is 2. The highest BCUT2D eigenvalue weighted by Crippen LogP contribution is 2.13. The summed E-state index contributed by atoms with van der Waals surface area (Å²) in [5.41, 5.74) is 6.22. The van der Waals surface area contributed by atoms with Gasteiger partial charge in [-0.25, -0.2) is 4.68 Å². The number of primary amides is 1. The van der Waals surface area contributed by atoms with Crippen LogP contribution in [0.15, 0.2) is 64.4 Å². The second-order valence-electron chi connectivity index (χ2n) is 4.98. The molecule has 0 radical (unpaired) electrons. The first-order valence-corrected chi connectivity index (χ1v) is 7.44. The molecule has 120 valence electrons. The second kappa shape index (κ2) is 6.55. The quantitative estimate of drug-likeness (QED) is 0.714. The second-order valence-corrected chi connectivity index (χ2v) is 5.41. The number of aromatic amines is 1. The lowest BCUT2D eigenvalue weighted by atomic mass is 10.2. The molecule has 1 amide bonds. The van der Waals surface area contributed by atoms with Gasteiger partial charge in [-0.15, -0.1) is 0 Å². The van der Waals surface area contributed by atoms with Crippen LogP contribution in [0.3, 0.4) is 0 Å². The number of nitrogens with two attached hydrogens (primary N) is 1. The van der Waals surface area contributed by atoms with Crippen molar-refractivity contribution in [2.75, 3.05) is 0 Å². The molecule has 0 atom stereocenters. The maximum absolute atomic E-state index is 12.6. The number of halogens is 1. The molecule has 0 fully saturated rings. The molecule has 24 heavy (non-hydrogen) atoms. The Hall–Kier alpha value is -3.12. The molecule has 0 aliphatic rings. The van der Waals surface area contributed by atoms with Crippen molar-refractivity contribution >= 4 is 29.4 Å². The first-order chi connectivity index (χ1) is 11.6. The number of hydrogen-bond donors (Lipinski definition) is 2. The number of carbonyl (C=O) groups is 1. The summed E-state index contributed by atoms with van der Waals surface area (Å²) in [7, 11) is 0. The van der Waals surface area contributed by atoms with E-state index in [-0.39, 0.29) is 11.3 Å². The van der Waals surface area contributed by atoms with Crippen LogP contribution < -0.4 is 11.3 Å². The molecule has 0 aliphatic heterocycles. The van der Waals surface area contributed by atoms with Gasteiger partial charge < -0.3 is 5.73 Å². The summed E-state index contributed by atoms with van der Waals surface area (Å²) in [6, 6.07) is 15.7. The summed E-state index contributed by atoms with van der Waals surface area (Å²) in [6.45, 7) is 0. The van der Waals surface area contributed by atoms with E-state index in [2.05, 4.69) is 10.1 Å². The summed E-state index contributed by atoms with van der Waals surface area (Å²) in [4.78, 5) is 28.5. The predicted octanol–water partition coefficient (Wildman–Crippen LogP) is 2.67. The lowest BCUT2D eigenvalue weighted by molar-refractivity contribution is 0.0995. The molecule has 0 saturated heterocycles. The molecule has 7 heteroatoms. The molecule has 0 saturated carbocycles. The highest BCUT2D eigenvalue weighted by atomic mass is 35.5. The summed E-state index contributed by atoms with van der Waals surface area (Å²) < 4.78 is 1.22. The molecule has 3 N–H and O–H groups in total. The van der Waals surface area contributed by atoms with Gasteiger partial charge in [0.1, 0.15) is 5.69 Å². The van der Waals surface area contributed by atoms with Gasteiger partial charge in [0.15, 0.2) is 0 Å². The molecule has 1 heterocycles. The molecule has 2 aromatic carbocycles. The lowest BCUT2D eigenvalue weighted by Crippen LogP contribution is -2.17. The lowest BCUT2D eigenvalue weighted by Gasteiger charge is -2.00. The van der Waals surface area contributed by atoms with Crippen LogP contribution in [-0.4, -0.2) is 21.9 Å². The average Bonchev–Trinajstić information content (AvgIpc) is 2.92. The van der Waals surface area contributed by atoms with E-state index in [1.807, 2.05) is 18.2 Å². The van der Waals surface area contributed by atoms with Crippen molar-refractivity contribution in [3.05, 3.63) is 81.2 Å². The number of nitrogens with one attached hydrogen (secondary N) is 1. The van der Waals surface area contributed by atoms with Crippen LogP contribution >= 0.6 is 11.6 Å². The van der Waals surface area contributed by atoms with Crippen molar-refractivity contribution in [3.8, 4) is 5.69 Å². The summed E-state index contributed by atoms with van der Waals surface area (Å²) in [6.07, 6.45) is 1.33. The standard InChI is InChI=1S/C17H13ClN4O2/c18-11-6-8-13(9-7-11)22-17(24)14(15(21-22)16(19)23)10-20-12-4-2-1-3-5-12/h1-10,21H,(H2,19,23). The summed E-state index contributed by atoms with van der Waals surface area (Å²) >= 11 is 5.85. The van der Waals surface area contributed by atoms with Crippen LogP contribution in [0.1, 0.15) is 16.1 Å². The topological polar surface area (TPSA) is 93.2 Å². The fourth-order valence-corrected chi connectivity index (χ4v) is 2.31. The smallest absolute Gasteiger partial charge is 0.280 e. The average molecular weight is 341 g/mol.